The van der Waals surface area contributed by atoms with E-state index in [0.29, 0.717) is 11.3 Å². The third-order valence-corrected chi connectivity index (χ3v) is 4.48. The van der Waals surface area contributed by atoms with Crippen LogP contribution in [0.25, 0.3) is 0 Å². The van der Waals surface area contributed by atoms with Crippen LogP contribution in [0.5, 0.6) is 5.75 Å². The van der Waals surface area contributed by atoms with Crippen LogP contribution in [-0.2, 0) is 0 Å². The molecule has 2 rings (SSSR count). The van der Waals surface area contributed by atoms with Crippen molar-refractivity contribution < 1.29 is 9.53 Å². The maximum Gasteiger partial charge on any atom is 0.252 e. The molecule has 98 valence electrons. The van der Waals surface area contributed by atoms with Gasteiger partial charge in [0, 0.05) is 10.0 Å². The van der Waals surface area contributed by atoms with E-state index in [0.717, 1.165) is 23.7 Å². The third kappa shape index (κ3) is 2.53. The Kier molecular flexibility index (Phi) is 3.95. The van der Waals surface area contributed by atoms with E-state index in [1.807, 2.05) is 12.1 Å². The Morgan fingerprint density at radius 1 is 1.50 bits per heavy atom. The van der Waals surface area contributed by atoms with Crippen LogP contribution >= 0.6 is 15.9 Å². The van der Waals surface area contributed by atoms with E-state index in [-0.39, 0.29) is 11.4 Å². The number of hydrogen-bond donors (Lipinski definition) is 1. The van der Waals surface area contributed by atoms with Gasteiger partial charge in [-0.25, -0.2) is 0 Å². The second-order valence-corrected chi connectivity index (χ2v) is 5.64. The molecule has 0 heterocycles. The van der Waals surface area contributed by atoms with Crippen LogP contribution in [0.4, 0.5) is 0 Å². The van der Waals surface area contributed by atoms with Crippen LogP contribution in [0.2, 0.25) is 0 Å². The molecule has 0 atom stereocenters. The average Bonchev–Trinajstić information content (AvgIpc) is 2.34. The molecule has 1 aliphatic rings. The molecule has 1 N–H and O–H groups in total. The predicted octanol–water partition coefficient (Wildman–Crippen LogP) is 3.52. The number of halogens is 1. The van der Waals surface area contributed by atoms with Gasteiger partial charge in [-0.1, -0.05) is 6.92 Å². The highest BCUT2D eigenvalue weighted by molar-refractivity contribution is 9.10. The molecular weight excluding hydrogens is 294 g/mol. The highest BCUT2D eigenvalue weighted by atomic mass is 79.9. The van der Waals surface area contributed by atoms with Crippen LogP contribution in [0.3, 0.4) is 0 Å². The van der Waals surface area contributed by atoms with Gasteiger partial charge in [0.1, 0.15) is 5.75 Å². The van der Waals surface area contributed by atoms with Crippen molar-refractivity contribution in [2.45, 2.75) is 38.1 Å². The summed E-state index contributed by atoms with van der Waals surface area (Å²) in [6.07, 6.45) is 4.35. The van der Waals surface area contributed by atoms with Crippen LogP contribution < -0.4 is 10.1 Å². The Morgan fingerprint density at radius 3 is 2.72 bits per heavy atom. The first-order valence-corrected chi connectivity index (χ1v) is 7.05. The van der Waals surface area contributed by atoms with E-state index in [2.05, 4.69) is 28.2 Å². The summed E-state index contributed by atoms with van der Waals surface area (Å²) in [5.41, 5.74) is 0.647. The summed E-state index contributed by atoms with van der Waals surface area (Å²) in [6.45, 7) is 2.13. The van der Waals surface area contributed by atoms with Crippen molar-refractivity contribution in [3.63, 3.8) is 0 Å². The molecule has 0 unspecified atom stereocenters. The zero-order valence-corrected chi connectivity index (χ0v) is 12.3. The van der Waals surface area contributed by atoms with Crippen molar-refractivity contribution in [1.29, 1.82) is 0 Å². The number of hydrogen-bond acceptors (Lipinski definition) is 2. The van der Waals surface area contributed by atoms with E-state index in [9.17, 15) is 4.79 Å². The molecular formula is C14H18BrNO2. The Labute approximate surface area is 116 Å². The lowest BCUT2D eigenvalue weighted by Crippen LogP contribution is -2.53. The summed E-state index contributed by atoms with van der Waals surface area (Å²) in [5.74, 6) is 0.671. The minimum absolute atomic E-state index is 0.0135. The first-order chi connectivity index (χ1) is 8.60. The van der Waals surface area contributed by atoms with Gasteiger partial charge in [0.2, 0.25) is 0 Å². The highest BCUT2D eigenvalue weighted by Crippen LogP contribution is 2.35. The maximum absolute atomic E-state index is 12.3. The van der Waals surface area contributed by atoms with Crippen LogP contribution in [0.1, 0.15) is 43.0 Å². The molecule has 1 fully saturated rings. The molecule has 0 spiro atoms. The third-order valence-electron chi connectivity index (χ3n) is 3.78. The molecule has 1 aromatic carbocycles. The largest absolute Gasteiger partial charge is 0.497 e. The highest BCUT2D eigenvalue weighted by Gasteiger charge is 2.36. The Morgan fingerprint density at radius 2 is 2.22 bits per heavy atom. The predicted molar refractivity (Wildman–Crippen MR) is 75.0 cm³/mol. The fourth-order valence-corrected chi connectivity index (χ4v) is 2.71. The quantitative estimate of drug-likeness (QED) is 0.924. The lowest BCUT2D eigenvalue weighted by atomic mass is 9.74. The average molecular weight is 312 g/mol. The number of benzene rings is 1. The SMILES string of the molecule is CCC1(NC(=O)c2cc(OC)ccc2Br)CCC1. The van der Waals surface area contributed by atoms with Gasteiger partial charge >= 0.3 is 0 Å². The van der Waals surface area contributed by atoms with Gasteiger partial charge in [-0.15, -0.1) is 0 Å². The zero-order chi connectivity index (χ0) is 13.2. The number of nitrogens with one attached hydrogen (secondary N) is 1. The number of amides is 1. The summed E-state index contributed by atoms with van der Waals surface area (Å²) >= 11 is 3.41. The molecule has 1 saturated carbocycles. The number of rotatable bonds is 4. The molecule has 1 aromatic rings. The van der Waals surface area contributed by atoms with E-state index in [1.165, 1.54) is 6.42 Å². The first kappa shape index (κ1) is 13.4. The fraction of sp³-hybridized carbons (Fsp3) is 0.500. The van der Waals surface area contributed by atoms with Crippen molar-refractivity contribution in [2.24, 2.45) is 0 Å². The zero-order valence-electron chi connectivity index (χ0n) is 10.8. The number of carbonyl (C=O) groups excluding carboxylic acids is 1. The molecule has 0 aliphatic heterocycles. The maximum atomic E-state index is 12.3. The molecule has 0 bridgehead atoms. The molecule has 0 saturated heterocycles. The summed E-state index contributed by atoms with van der Waals surface area (Å²) in [6, 6.07) is 5.44. The lowest BCUT2D eigenvalue weighted by Gasteiger charge is -2.42. The molecule has 1 aliphatic carbocycles. The van der Waals surface area contributed by atoms with E-state index in [4.69, 9.17) is 4.74 Å². The number of carbonyl (C=O) groups is 1. The van der Waals surface area contributed by atoms with E-state index >= 15 is 0 Å². The van der Waals surface area contributed by atoms with Crippen molar-refractivity contribution in [3.05, 3.63) is 28.2 Å². The number of ether oxygens (including phenoxy) is 1. The number of methoxy groups -OCH3 is 1. The van der Waals surface area contributed by atoms with Gasteiger partial charge in [-0.2, -0.15) is 0 Å². The fourth-order valence-electron chi connectivity index (χ4n) is 2.28. The van der Waals surface area contributed by atoms with E-state index < -0.39 is 0 Å². The van der Waals surface area contributed by atoms with Gasteiger partial charge in [0.15, 0.2) is 0 Å². The van der Waals surface area contributed by atoms with Crippen molar-refractivity contribution in [3.8, 4) is 5.75 Å². The Hall–Kier alpha value is -1.03. The molecule has 1 amide bonds. The molecule has 0 aromatic heterocycles. The smallest absolute Gasteiger partial charge is 0.252 e. The summed E-state index contributed by atoms with van der Waals surface area (Å²) in [5, 5.41) is 3.16. The summed E-state index contributed by atoms with van der Waals surface area (Å²) in [4.78, 5) is 12.3. The molecule has 18 heavy (non-hydrogen) atoms. The van der Waals surface area contributed by atoms with Gasteiger partial charge in [-0.3, -0.25) is 4.79 Å². The second-order valence-electron chi connectivity index (χ2n) is 4.79. The Balaban J connectivity index is 2.18. The van der Waals surface area contributed by atoms with Crippen LogP contribution in [0.15, 0.2) is 22.7 Å². The van der Waals surface area contributed by atoms with Crippen molar-refractivity contribution in [2.75, 3.05) is 7.11 Å². The summed E-state index contributed by atoms with van der Waals surface area (Å²) < 4.78 is 5.95. The topological polar surface area (TPSA) is 38.3 Å². The normalized spacial score (nSPS) is 16.8. The minimum Gasteiger partial charge on any atom is -0.497 e. The Bertz CT molecular complexity index is 450. The first-order valence-electron chi connectivity index (χ1n) is 6.26. The molecule has 4 heteroatoms. The van der Waals surface area contributed by atoms with Crippen LogP contribution in [-0.4, -0.2) is 18.6 Å². The standard InChI is InChI=1S/C14H18BrNO2/c1-3-14(7-4-8-14)16-13(17)11-9-10(18-2)5-6-12(11)15/h5-6,9H,3-4,7-8H2,1-2H3,(H,16,17). The van der Waals surface area contributed by atoms with Crippen molar-refractivity contribution in [1.82, 2.24) is 5.32 Å². The van der Waals surface area contributed by atoms with Crippen LogP contribution in [0, 0.1) is 0 Å². The molecule has 3 nitrogen and oxygen atoms in total. The van der Waals surface area contributed by atoms with Gasteiger partial charge in [0.05, 0.1) is 12.7 Å². The van der Waals surface area contributed by atoms with E-state index in [1.54, 1.807) is 13.2 Å². The van der Waals surface area contributed by atoms with Gasteiger partial charge in [0.25, 0.3) is 5.91 Å². The van der Waals surface area contributed by atoms with Crippen molar-refractivity contribution >= 4 is 21.8 Å². The minimum atomic E-state index is -0.0256. The molecule has 0 radical (unpaired) electrons. The lowest BCUT2D eigenvalue weighted by molar-refractivity contribution is 0.0819. The monoisotopic (exact) mass is 311 g/mol. The second kappa shape index (κ2) is 5.31. The summed E-state index contributed by atoms with van der Waals surface area (Å²) in [7, 11) is 1.60. The van der Waals surface area contributed by atoms with Gasteiger partial charge in [-0.05, 0) is 59.8 Å². The van der Waals surface area contributed by atoms with Gasteiger partial charge < -0.3 is 10.1 Å².